The maximum atomic E-state index is 14.0. The fraction of sp³-hybridized carbons (Fsp3) is 0.500. The number of hydrogen-bond donors (Lipinski definition) is 1. The number of amides is 1. The van der Waals surface area contributed by atoms with Gasteiger partial charge in [-0.15, -0.1) is 0 Å². The van der Waals surface area contributed by atoms with E-state index in [-0.39, 0.29) is 13.0 Å². The normalized spacial score (nSPS) is 28.4. The Balaban J connectivity index is 1.75. The van der Waals surface area contributed by atoms with Crippen LogP contribution < -0.4 is 0 Å². The van der Waals surface area contributed by atoms with E-state index in [4.69, 9.17) is 4.74 Å². The van der Waals surface area contributed by atoms with Crippen molar-refractivity contribution in [3.8, 4) is 0 Å². The van der Waals surface area contributed by atoms with E-state index < -0.39 is 42.4 Å². The Labute approximate surface area is 131 Å². The number of aliphatic carboxylic acids is 1. The first kappa shape index (κ1) is 15.7. The summed E-state index contributed by atoms with van der Waals surface area (Å²) in [5, 5.41) is 9.31. The monoisotopic (exact) mass is 325 g/mol. The lowest BCUT2D eigenvalue weighted by Gasteiger charge is -2.51. The molecule has 1 aliphatic carbocycles. The fourth-order valence-electron chi connectivity index (χ4n) is 3.55. The molecule has 3 atom stereocenters. The highest BCUT2D eigenvalue weighted by atomic mass is 19.3. The summed E-state index contributed by atoms with van der Waals surface area (Å²) < 4.78 is 33.1. The van der Waals surface area contributed by atoms with Crippen molar-refractivity contribution < 1.29 is 28.2 Å². The van der Waals surface area contributed by atoms with Crippen molar-refractivity contribution in [1.82, 2.24) is 4.90 Å². The number of halogens is 2. The zero-order valence-electron chi connectivity index (χ0n) is 12.3. The van der Waals surface area contributed by atoms with Gasteiger partial charge in [-0.2, -0.15) is 0 Å². The minimum Gasteiger partial charge on any atom is -0.480 e. The van der Waals surface area contributed by atoms with E-state index in [0.29, 0.717) is 6.42 Å². The third kappa shape index (κ3) is 2.87. The van der Waals surface area contributed by atoms with Crippen molar-refractivity contribution in [2.24, 2.45) is 5.92 Å². The molecule has 0 radical (unpaired) electrons. The van der Waals surface area contributed by atoms with Crippen LogP contribution in [-0.4, -0.2) is 40.1 Å². The highest BCUT2D eigenvalue weighted by Gasteiger charge is 2.61. The highest BCUT2D eigenvalue weighted by Crippen LogP contribution is 2.49. The fourth-order valence-corrected chi connectivity index (χ4v) is 3.55. The van der Waals surface area contributed by atoms with Gasteiger partial charge in [-0.05, 0) is 18.4 Å². The molecule has 2 heterocycles. The SMILES string of the molecule is O=C(O)C1C2CCC(CC2(F)F)N1C(=O)OCc1ccccc1. The standard InChI is InChI=1S/C16H17F2NO4/c17-16(18)8-11-6-7-12(16)13(14(20)21)19(11)15(22)23-9-10-4-2-1-3-5-10/h1-5,11-13H,6-9H2,(H,20,21). The van der Waals surface area contributed by atoms with Gasteiger partial charge in [-0.25, -0.2) is 18.4 Å². The Kier molecular flexibility index (Phi) is 3.95. The first-order chi connectivity index (χ1) is 10.9. The number of carboxylic acid groups (broad SMARTS) is 1. The molecule has 7 heteroatoms. The van der Waals surface area contributed by atoms with Crippen LogP contribution in [0.4, 0.5) is 13.6 Å². The molecule has 2 aliphatic heterocycles. The lowest BCUT2D eigenvalue weighted by molar-refractivity contribution is -0.191. The number of nitrogens with zero attached hydrogens (tertiary/aromatic N) is 1. The van der Waals surface area contributed by atoms with Crippen molar-refractivity contribution >= 4 is 12.1 Å². The highest BCUT2D eigenvalue weighted by molar-refractivity contribution is 5.81. The second kappa shape index (κ2) is 5.79. The molecule has 1 amide bonds. The van der Waals surface area contributed by atoms with E-state index in [1.165, 1.54) is 0 Å². The third-order valence-electron chi connectivity index (χ3n) is 4.60. The molecule has 3 aliphatic rings. The number of alkyl halides is 2. The van der Waals surface area contributed by atoms with E-state index in [9.17, 15) is 23.5 Å². The topological polar surface area (TPSA) is 66.8 Å². The predicted octanol–water partition coefficient (Wildman–Crippen LogP) is 2.90. The number of ether oxygens (including phenoxy) is 1. The summed E-state index contributed by atoms with van der Waals surface area (Å²) in [7, 11) is 0. The van der Waals surface area contributed by atoms with Crippen LogP contribution in [0.3, 0.4) is 0 Å². The maximum absolute atomic E-state index is 14.0. The quantitative estimate of drug-likeness (QED) is 0.928. The van der Waals surface area contributed by atoms with Crippen molar-refractivity contribution in [1.29, 1.82) is 0 Å². The number of fused-ring (bicyclic) bond motifs is 3. The van der Waals surface area contributed by atoms with E-state index >= 15 is 0 Å². The van der Waals surface area contributed by atoms with Gasteiger partial charge in [0, 0.05) is 12.5 Å². The second-order valence-corrected chi connectivity index (χ2v) is 6.03. The summed E-state index contributed by atoms with van der Waals surface area (Å²) in [6.45, 7) is -0.0176. The van der Waals surface area contributed by atoms with Crippen LogP contribution in [-0.2, 0) is 16.1 Å². The Morgan fingerprint density at radius 3 is 2.57 bits per heavy atom. The molecule has 1 N–H and O–H groups in total. The summed E-state index contributed by atoms with van der Waals surface area (Å²) in [6, 6.07) is 6.59. The van der Waals surface area contributed by atoms with E-state index in [1.807, 2.05) is 6.07 Å². The average molecular weight is 325 g/mol. The van der Waals surface area contributed by atoms with Crippen LogP contribution >= 0.6 is 0 Å². The van der Waals surface area contributed by atoms with Crippen LogP contribution in [0.5, 0.6) is 0 Å². The zero-order chi connectivity index (χ0) is 16.6. The van der Waals surface area contributed by atoms with Crippen LogP contribution in [0.2, 0.25) is 0 Å². The molecule has 4 rings (SSSR count). The Morgan fingerprint density at radius 1 is 1.26 bits per heavy atom. The molecule has 1 aromatic carbocycles. The van der Waals surface area contributed by atoms with Crippen molar-refractivity contribution in [3.63, 3.8) is 0 Å². The lowest BCUT2D eigenvalue weighted by atomic mass is 9.72. The summed E-state index contributed by atoms with van der Waals surface area (Å²) in [5.74, 6) is -5.81. The zero-order valence-corrected chi connectivity index (χ0v) is 12.3. The largest absolute Gasteiger partial charge is 0.480 e. The third-order valence-corrected chi connectivity index (χ3v) is 4.60. The average Bonchev–Trinajstić information content (AvgIpc) is 2.52. The lowest BCUT2D eigenvalue weighted by Crippen LogP contribution is -2.66. The molecule has 2 bridgehead atoms. The molecule has 3 fully saturated rings. The van der Waals surface area contributed by atoms with Gasteiger partial charge in [0.25, 0.3) is 5.92 Å². The first-order valence-electron chi connectivity index (χ1n) is 7.50. The van der Waals surface area contributed by atoms with Gasteiger partial charge in [0.2, 0.25) is 0 Å². The molecular formula is C16H17F2NO4. The number of piperidine rings is 2. The molecule has 1 aromatic rings. The molecule has 1 saturated carbocycles. The number of carbonyl (C=O) groups is 2. The van der Waals surface area contributed by atoms with Gasteiger partial charge in [0.1, 0.15) is 12.6 Å². The van der Waals surface area contributed by atoms with Gasteiger partial charge in [0.05, 0.1) is 5.92 Å². The van der Waals surface area contributed by atoms with Gasteiger partial charge in [-0.3, -0.25) is 4.90 Å². The minimum absolute atomic E-state index is 0.0176. The first-order valence-corrected chi connectivity index (χ1v) is 7.50. The molecule has 3 unspecified atom stereocenters. The van der Waals surface area contributed by atoms with Gasteiger partial charge < -0.3 is 9.84 Å². The van der Waals surface area contributed by atoms with E-state index in [1.54, 1.807) is 24.3 Å². The Morgan fingerprint density at radius 2 is 1.96 bits per heavy atom. The smallest absolute Gasteiger partial charge is 0.411 e. The van der Waals surface area contributed by atoms with Crippen molar-refractivity contribution in [2.45, 2.75) is 43.9 Å². The minimum atomic E-state index is -3.05. The number of rotatable bonds is 3. The molecule has 23 heavy (non-hydrogen) atoms. The maximum Gasteiger partial charge on any atom is 0.411 e. The van der Waals surface area contributed by atoms with Gasteiger partial charge >= 0.3 is 12.1 Å². The van der Waals surface area contributed by atoms with Crippen LogP contribution in [0.25, 0.3) is 0 Å². The number of hydrogen-bond acceptors (Lipinski definition) is 3. The van der Waals surface area contributed by atoms with Gasteiger partial charge in [-0.1, -0.05) is 30.3 Å². The summed E-state index contributed by atoms with van der Waals surface area (Å²) in [4.78, 5) is 24.7. The van der Waals surface area contributed by atoms with E-state index in [2.05, 4.69) is 0 Å². The Bertz CT molecular complexity index is 607. The number of carbonyl (C=O) groups excluding carboxylic acids is 1. The number of benzene rings is 1. The van der Waals surface area contributed by atoms with Crippen molar-refractivity contribution in [2.75, 3.05) is 0 Å². The molecular weight excluding hydrogens is 308 g/mol. The molecule has 5 nitrogen and oxygen atoms in total. The molecule has 0 spiro atoms. The predicted molar refractivity (Wildman–Crippen MR) is 76.0 cm³/mol. The second-order valence-electron chi connectivity index (χ2n) is 6.03. The molecule has 0 aromatic heterocycles. The van der Waals surface area contributed by atoms with E-state index in [0.717, 1.165) is 10.5 Å². The summed E-state index contributed by atoms with van der Waals surface area (Å²) in [6.07, 6.45) is -0.852. The molecule has 2 saturated heterocycles. The Hall–Kier alpha value is -2.18. The summed E-state index contributed by atoms with van der Waals surface area (Å²) >= 11 is 0. The van der Waals surface area contributed by atoms with Crippen LogP contribution in [0, 0.1) is 5.92 Å². The van der Waals surface area contributed by atoms with Crippen molar-refractivity contribution in [3.05, 3.63) is 35.9 Å². The summed E-state index contributed by atoms with van der Waals surface area (Å²) in [5.41, 5.74) is 0.750. The van der Waals surface area contributed by atoms with Crippen LogP contribution in [0.1, 0.15) is 24.8 Å². The molecule has 124 valence electrons. The number of carboxylic acids is 1. The van der Waals surface area contributed by atoms with Gasteiger partial charge in [0.15, 0.2) is 0 Å². The van der Waals surface area contributed by atoms with Crippen LogP contribution in [0.15, 0.2) is 30.3 Å².